The van der Waals surface area contributed by atoms with E-state index in [1.54, 1.807) is 0 Å². The van der Waals surface area contributed by atoms with Crippen LogP contribution in [0.1, 0.15) is 45.1 Å². The zero-order chi connectivity index (χ0) is 21.1. The van der Waals surface area contributed by atoms with E-state index in [9.17, 15) is 9.59 Å². The van der Waals surface area contributed by atoms with Gasteiger partial charge in [-0.1, -0.05) is 30.3 Å². The first-order chi connectivity index (χ1) is 14.5. The molecule has 30 heavy (non-hydrogen) atoms. The predicted molar refractivity (Wildman–Crippen MR) is 116 cm³/mol. The maximum absolute atomic E-state index is 12.9. The summed E-state index contributed by atoms with van der Waals surface area (Å²) >= 11 is 0. The first-order valence-corrected chi connectivity index (χ1v) is 11.5. The number of amides is 2. The van der Waals surface area contributed by atoms with Crippen molar-refractivity contribution in [1.29, 1.82) is 0 Å². The number of hydrogen-bond acceptors (Lipinski definition) is 4. The van der Waals surface area contributed by atoms with Crippen LogP contribution in [0.3, 0.4) is 0 Å². The molecule has 0 saturated carbocycles. The molecule has 0 bridgehead atoms. The number of nitrogens with zero attached hydrogens (tertiary/aromatic N) is 2. The summed E-state index contributed by atoms with van der Waals surface area (Å²) in [6.07, 6.45) is 3.07. The van der Waals surface area contributed by atoms with Crippen LogP contribution in [0, 0.1) is 11.8 Å². The van der Waals surface area contributed by atoms with Gasteiger partial charge >= 0.3 is 0 Å². The van der Waals surface area contributed by atoms with Gasteiger partial charge in [-0.3, -0.25) is 14.5 Å². The van der Waals surface area contributed by atoms with Gasteiger partial charge in [0.25, 0.3) is 0 Å². The SMILES string of the molecule is CC(C)NC(=O)C[C@@H]1OC[C@@H]2[C@H]1[C@H](CC(=O)N1CCCC1)CN2Cc1ccccc1. The Morgan fingerprint density at radius 2 is 1.87 bits per heavy atom. The standard InChI is InChI=1S/C24H35N3O3/c1-17(2)25-22(28)13-21-24-19(12-23(29)26-10-6-7-11-26)15-27(20(24)16-30-21)14-18-8-4-3-5-9-18/h3-5,8-9,17,19-21,24H,6-7,10-16H2,1-2H3,(H,25,28)/t19-,20-,21+,24-/m1/s1. The molecule has 164 valence electrons. The Morgan fingerprint density at radius 3 is 2.57 bits per heavy atom. The molecule has 3 fully saturated rings. The first kappa shape index (κ1) is 21.3. The van der Waals surface area contributed by atoms with Crippen molar-refractivity contribution in [3.05, 3.63) is 35.9 Å². The van der Waals surface area contributed by atoms with E-state index in [-0.39, 0.29) is 41.8 Å². The highest BCUT2D eigenvalue weighted by atomic mass is 16.5. The van der Waals surface area contributed by atoms with Gasteiger partial charge in [0.15, 0.2) is 0 Å². The average Bonchev–Trinajstić information content (AvgIpc) is 3.43. The Balaban J connectivity index is 1.47. The van der Waals surface area contributed by atoms with Crippen LogP contribution in [-0.2, 0) is 20.9 Å². The van der Waals surface area contributed by atoms with E-state index < -0.39 is 0 Å². The lowest BCUT2D eigenvalue weighted by Gasteiger charge is -2.25. The third-order valence-electron chi connectivity index (χ3n) is 6.80. The molecule has 3 saturated heterocycles. The van der Waals surface area contributed by atoms with Gasteiger partial charge < -0.3 is 15.0 Å². The lowest BCUT2D eigenvalue weighted by molar-refractivity contribution is -0.131. The maximum atomic E-state index is 12.9. The number of nitrogens with one attached hydrogen (secondary N) is 1. The molecule has 0 aliphatic carbocycles. The van der Waals surface area contributed by atoms with Crippen LogP contribution in [0.5, 0.6) is 0 Å². The summed E-state index contributed by atoms with van der Waals surface area (Å²) < 4.78 is 6.15. The van der Waals surface area contributed by atoms with Crippen molar-refractivity contribution in [1.82, 2.24) is 15.1 Å². The molecule has 0 radical (unpaired) electrons. The Bertz CT molecular complexity index is 732. The van der Waals surface area contributed by atoms with Gasteiger partial charge in [0.05, 0.1) is 19.1 Å². The lowest BCUT2D eigenvalue weighted by atomic mass is 9.84. The molecule has 2 amide bonds. The van der Waals surface area contributed by atoms with E-state index in [2.05, 4.69) is 34.5 Å². The van der Waals surface area contributed by atoms with E-state index in [4.69, 9.17) is 4.74 Å². The quantitative estimate of drug-likeness (QED) is 0.746. The van der Waals surface area contributed by atoms with Crippen molar-refractivity contribution >= 4 is 11.8 Å². The van der Waals surface area contributed by atoms with Gasteiger partial charge in [0.2, 0.25) is 11.8 Å². The summed E-state index contributed by atoms with van der Waals surface area (Å²) in [7, 11) is 0. The van der Waals surface area contributed by atoms with Gasteiger partial charge in [0.1, 0.15) is 0 Å². The zero-order valence-electron chi connectivity index (χ0n) is 18.3. The first-order valence-electron chi connectivity index (χ1n) is 11.5. The molecule has 0 aromatic heterocycles. The highest BCUT2D eigenvalue weighted by Crippen LogP contribution is 2.42. The summed E-state index contributed by atoms with van der Waals surface area (Å²) in [4.78, 5) is 29.8. The second-order valence-corrected chi connectivity index (χ2v) is 9.41. The fourth-order valence-corrected chi connectivity index (χ4v) is 5.50. The van der Waals surface area contributed by atoms with E-state index in [1.165, 1.54) is 5.56 Å². The lowest BCUT2D eigenvalue weighted by Crippen LogP contribution is -2.37. The minimum atomic E-state index is -0.106. The minimum Gasteiger partial charge on any atom is -0.376 e. The predicted octanol–water partition coefficient (Wildman–Crippen LogP) is 2.43. The van der Waals surface area contributed by atoms with E-state index in [1.807, 2.05) is 24.8 Å². The molecule has 3 aliphatic heterocycles. The Kier molecular flexibility index (Phi) is 6.74. The Labute approximate surface area is 179 Å². The molecule has 3 aliphatic rings. The zero-order valence-corrected chi connectivity index (χ0v) is 18.3. The fraction of sp³-hybridized carbons (Fsp3) is 0.667. The maximum Gasteiger partial charge on any atom is 0.222 e. The summed E-state index contributed by atoms with van der Waals surface area (Å²) in [6.45, 7) is 8.15. The van der Waals surface area contributed by atoms with Crippen molar-refractivity contribution in [2.75, 3.05) is 26.2 Å². The smallest absolute Gasteiger partial charge is 0.222 e. The number of ether oxygens (including phenoxy) is 1. The second kappa shape index (κ2) is 9.48. The Morgan fingerprint density at radius 1 is 1.13 bits per heavy atom. The molecule has 1 aromatic rings. The van der Waals surface area contributed by atoms with Crippen LogP contribution in [-0.4, -0.2) is 66.0 Å². The third-order valence-corrected chi connectivity index (χ3v) is 6.80. The molecule has 4 atom stereocenters. The van der Waals surface area contributed by atoms with Crippen molar-refractivity contribution in [2.24, 2.45) is 11.8 Å². The van der Waals surface area contributed by atoms with Gasteiger partial charge in [-0.25, -0.2) is 0 Å². The van der Waals surface area contributed by atoms with Crippen LogP contribution >= 0.6 is 0 Å². The number of carbonyl (C=O) groups excluding carboxylic acids is 2. The van der Waals surface area contributed by atoms with Gasteiger partial charge in [-0.2, -0.15) is 0 Å². The van der Waals surface area contributed by atoms with Gasteiger partial charge in [-0.05, 0) is 38.2 Å². The van der Waals surface area contributed by atoms with Crippen molar-refractivity contribution in [2.45, 2.75) is 64.3 Å². The monoisotopic (exact) mass is 413 g/mol. The van der Waals surface area contributed by atoms with E-state index >= 15 is 0 Å². The van der Waals surface area contributed by atoms with Crippen LogP contribution in [0.4, 0.5) is 0 Å². The number of benzene rings is 1. The highest BCUT2D eigenvalue weighted by Gasteiger charge is 2.51. The number of likely N-dealkylation sites (tertiary alicyclic amines) is 2. The van der Waals surface area contributed by atoms with Crippen LogP contribution in [0.2, 0.25) is 0 Å². The van der Waals surface area contributed by atoms with Crippen molar-refractivity contribution in [3.8, 4) is 0 Å². The van der Waals surface area contributed by atoms with Crippen LogP contribution in [0.25, 0.3) is 0 Å². The highest BCUT2D eigenvalue weighted by molar-refractivity contribution is 5.77. The summed E-state index contributed by atoms with van der Waals surface area (Å²) in [6, 6.07) is 10.9. The van der Waals surface area contributed by atoms with Crippen molar-refractivity contribution in [3.63, 3.8) is 0 Å². The summed E-state index contributed by atoms with van der Waals surface area (Å²) in [5.74, 6) is 0.793. The molecule has 6 nitrogen and oxygen atoms in total. The molecule has 1 N–H and O–H groups in total. The van der Waals surface area contributed by atoms with Crippen LogP contribution < -0.4 is 5.32 Å². The molecule has 1 aromatic carbocycles. The number of carbonyl (C=O) groups is 2. The number of rotatable bonds is 7. The minimum absolute atomic E-state index is 0.0433. The third kappa shape index (κ3) is 4.86. The average molecular weight is 414 g/mol. The summed E-state index contributed by atoms with van der Waals surface area (Å²) in [5, 5.41) is 2.99. The molecular formula is C24H35N3O3. The van der Waals surface area contributed by atoms with Gasteiger partial charge in [0, 0.05) is 50.6 Å². The second-order valence-electron chi connectivity index (χ2n) is 9.41. The molecule has 3 heterocycles. The van der Waals surface area contributed by atoms with E-state index in [0.717, 1.165) is 39.0 Å². The largest absolute Gasteiger partial charge is 0.376 e. The summed E-state index contributed by atoms with van der Waals surface area (Å²) in [5.41, 5.74) is 1.28. The van der Waals surface area contributed by atoms with Crippen LogP contribution in [0.15, 0.2) is 30.3 Å². The molecule has 0 spiro atoms. The van der Waals surface area contributed by atoms with E-state index in [0.29, 0.717) is 19.4 Å². The fourth-order valence-electron chi connectivity index (χ4n) is 5.50. The molecular weight excluding hydrogens is 378 g/mol. The van der Waals surface area contributed by atoms with Gasteiger partial charge in [-0.15, -0.1) is 0 Å². The normalized spacial score (nSPS) is 28.8. The number of hydrogen-bond donors (Lipinski definition) is 1. The topological polar surface area (TPSA) is 61.9 Å². The molecule has 6 heteroatoms. The molecule has 0 unspecified atom stereocenters. The number of fused-ring (bicyclic) bond motifs is 1. The van der Waals surface area contributed by atoms with Crippen molar-refractivity contribution < 1.29 is 14.3 Å². The Hall–Kier alpha value is -1.92. The molecule has 4 rings (SSSR count).